The summed E-state index contributed by atoms with van der Waals surface area (Å²) in [6.45, 7) is 3.39. The second-order valence-electron chi connectivity index (χ2n) is 4.19. The molecule has 0 bridgehead atoms. The van der Waals surface area contributed by atoms with Crippen LogP contribution in [0, 0.1) is 0 Å². The molecule has 2 rings (SSSR count). The van der Waals surface area contributed by atoms with E-state index in [1.165, 1.54) is 6.42 Å². The van der Waals surface area contributed by atoms with Crippen LogP contribution in [0.2, 0.25) is 0 Å². The van der Waals surface area contributed by atoms with Crippen molar-refractivity contribution in [1.82, 2.24) is 14.9 Å². The average molecular weight is 246 g/mol. The molecule has 86 valence electrons. The van der Waals surface area contributed by atoms with E-state index in [1.54, 1.807) is 10.8 Å². The van der Waals surface area contributed by atoms with Crippen LogP contribution in [0.25, 0.3) is 0 Å². The van der Waals surface area contributed by atoms with Gasteiger partial charge < -0.3 is 4.90 Å². The van der Waals surface area contributed by atoms with E-state index in [2.05, 4.69) is 28.9 Å². The Morgan fingerprint density at radius 3 is 2.67 bits per heavy atom. The highest BCUT2D eigenvalue weighted by molar-refractivity contribution is 8.82. The largest absolute Gasteiger partial charge is 0.357 e. The van der Waals surface area contributed by atoms with E-state index in [4.69, 9.17) is 4.99 Å². The molecule has 2 aliphatic rings. The monoisotopic (exact) mass is 246 g/mol. The van der Waals surface area contributed by atoms with Gasteiger partial charge in [0.2, 0.25) is 0 Å². The predicted octanol–water partition coefficient (Wildman–Crippen LogP) is 1.52. The zero-order chi connectivity index (χ0) is 11.0. The van der Waals surface area contributed by atoms with Gasteiger partial charge in [-0.1, -0.05) is 0 Å². The van der Waals surface area contributed by atoms with E-state index in [0.717, 1.165) is 11.7 Å². The molecule has 2 heterocycles. The fourth-order valence-electron chi connectivity index (χ4n) is 1.71. The lowest BCUT2D eigenvalue weighted by atomic mass is 10.3. The Balaban J connectivity index is 2.02. The van der Waals surface area contributed by atoms with E-state index in [-0.39, 0.29) is 5.50 Å². The highest BCUT2D eigenvalue weighted by Gasteiger charge is 2.34. The van der Waals surface area contributed by atoms with Crippen molar-refractivity contribution in [1.29, 1.82) is 0 Å². The number of hydrogen-bond donors (Lipinski definition) is 0. The third kappa shape index (κ3) is 2.27. The van der Waals surface area contributed by atoms with Gasteiger partial charge in [-0.25, -0.2) is 15.0 Å². The maximum Gasteiger partial charge on any atom is 0.175 e. The Morgan fingerprint density at radius 1 is 1.47 bits per heavy atom. The van der Waals surface area contributed by atoms with Crippen LogP contribution in [0.5, 0.6) is 0 Å². The van der Waals surface area contributed by atoms with Crippen molar-refractivity contribution >= 4 is 26.8 Å². The SMILES string of the molecule is CC1CCN(C2N=C(N(C)C)SS2)N1C. The van der Waals surface area contributed by atoms with Gasteiger partial charge in [-0.2, -0.15) is 0 Å². The molecule has 15 heavy (non-hydrogen) atoms. The molecule has 0 aliphatic carbocycles. The van der Waals surface area contributed by atoms with Crippen molar-refractivity contribution in [3.05, 3.63) is 0 Å². The highest BCUT2D eigenvalue weighted by Crippen LogP contribution is 2.40. The lowest BCUT2D eigenvalue weighted by Gasteiger charge is -2.29. The first kappa shape index (κ1) is 11.6. The number of aliphatic imine (C=N–C) groups is 1. The van der Waals surface area contributed by atoms with Crippen LogP contribution < -0.4 is 0 Å². The predicted molar refractivity (Wildman–Crippen MR) is 68.6 cm³/mol. The summed E-state index contributed by atoms with van der Waals surface area (Å²) >= 11 is 0. The van der Waals surface area contributed by atoms with Gasteiger partial charge in [0, 0.05) is 33.7 Å². The molecule has 0 radical (unpaired) electrons. The summed E-state index contributed by atoms with van der Waals surface area (Å²) in [7, 11) is 9.86. The fraction of sp³-hybridized carbons (Fsp3) is 0.889. The maximum absolute atomic E-state index is 4.71. The number of rotatable bonds is 1. The smallest absolute Gasteiger partial charge is 0.175 e. The lowest BCUT2D eigenvalue weighted by molar-refractivity contribution is 0.0222. The molecular formula is C9H18N4S2. The molecule has 0 N–H and O–H groups in total. The lowest BCUT2D eigenvalue weighted by Crippen LogP contribution is -2.41. The van der Waals surface area contributed by atoms with Crippen LogP contribution in [0.3, 0.4) is 0 Å². The van der Waals surface area contributed by atoms with Crippen molar-refractivity contribution in [3.8, 4) is 0 Å². The standard InChI is InChI=1S/C9H18N4S2/c1-7-5-6-13(12(7)4)9-10-8(11(2)3)14-15-9/h7,9H,5-6H2,1-4H3. The van der Waals surface area contributed by atoms with Crippen molar-refractivity contribution in [2.75, 3.05) is 27.7 Å². The summed E-state index contributed by atoms with van der Waals surface area (Å²) in [6.07, 6.45) is 1.24. The zero-order valence-electron chi connectivity index (χ0n) is 9.67. The van der Waals surface area contributed by atoms with E-state index in [9.17, 15) is 0 Å². The van der Waals surface area contributed by atoms with E-state index in [0.29, 0.717) is 6.04 Å². The first-order valence-electron chi connectivity index (χ1n) is 5.17. The minimum Gasteiger partial charge on any atom is -0.357 e. The van der Waals surface area contributed by atoms with Gasteiger partial charge in [0.25, 0.3) is 0 Å². The second kappa shape index (κ2) is 4.53. The third-order valence-corrected chi connectivity index (χ3v) is 5.38. The number of hydrazine groups is 1. The molecule has 0 aromatic rings. The van der Waals surface area contributed by atoms with Gasteiger partial charge in [-0.05, 0) is 34.9 Å². The van der Waals surface area contributed by atoms with Gasteiger partial charge in [0.05, 0.1) is 0 Å². The van der Waals surface area contributed by atoms with Crippen LogP contribution >= 0.6 is 21.6 Å². The fourth-order valence-corrected chi connectivity index (χ4v) is 4.26. The number of nitrogens with zero attached hydrogens (tertiary/aromatic N) is 4. The molecule has 2 aliphatic heterocycles. The topological polar surface area (TPSA) is 22.1 Å². The van der Waals surface area contributed by atoms with E-state index in [1.807, 2.05) is 24.9 Å². The molecule has 1 saturated heterocycles. The number of amidine groups is 1. The molecule has 1 fully saturated rings. The molecule has 6 heteroatoms. The molecule has 2 unspecified atom stereocenters. The summed E-state index contributed by atoms with van der Waals surface area (Å²) in [4.78, 5) is 6.79. The summed E-state index contributed by atoms with van der Waals surface area (Å²) in [5.41, 5.74) is 0.266. The van der Waals surface area contributed by atoms with Crippen molar-refractivity contribution in [2.45, 2.75) is 24.9 Å². The summed E-state index contributed by atoms with van der Waals surface area (Å²) in [5.74, 6) is 0. The van der Waals surface area contributed by atoms with Crippen molar-refractivity contribution < 1.29 is 0 Å². The molecule has 0 saturated carbocycles. The zero-order valence-corrected chi connectivity index (χ0v) is 11.3. The molecule has 2 atom stereocenters. The van der Waals surface area contributed by atoms with Crippen molar-refractivity contribution in [2.24, 2.45) is 4.99 Å². The van der Waals surface area contributed by atoms with Gasteiger partial charge in [0.1, 0.15) is 0 Å². The summed E-state index contributed by atoms with van der Waals surface area (Å²) in [5, 5.41) is 5.80. The Kier molecular flexibility index (Phi) is 3.49. The Bertz CT molecular complexity index is 269. The third-order valence-electron chi connectivity index (χ3n) is 2.89. The normalized spacial score (nSPS) is 33.5. The first-order chi connectivity index (χ1) is 7.09. The first-order valence-corrected chi connectivity index (χ1v) is 7.38. The second-order valence-corrected chi connectivity index (χ2v) is 6.41. The Morgan fingerprint density at radius 2 is 2.20 bits per heavy atom. The van der Waals surface area contributed by atoms with Gasteiger partial charge in [-0.15, -0.1) is 0 Å². The molecule has 0 spiro atoms. The van der Waals surface area contributed by atoms with Crippen molar-refractivity contribution in [3.63, 3.8) is 0 Å². The molecular weight excluding hydrogens is 228 g/mol. The minimum atomic E-state index is 0.266. The quantitative estimate of drug-likeness (QED) is 0.653. The molecule has 0 aromatic heterocycles. The Labute approximate surface area is 99.4 Å². The minimum absolute atomic E-state index is 0.266. The van der Waals surface area contributed by atoms with Crippen LogP contribution in [0.15, 0.2) is 4.99 Å². The maximum atomic E-state index is 4.71. The van der Waals surface area contributed by atoms with Gasteiger partial charge in [0.15, 0.2) is 10.7 Å². The molecule has 4 nitrogen and oxygen atoms in total. The van der Waals surface area contributed by atoms with E-state index < -0.39 is 0 Å². The average Bonchev–Trinajstić information content (AvgIpc) is 2.76. The van der Waals surface area contributed by atoms with Gasteiger partial charge in [-0.3, -0.25) is 0 Å². The number of hydrogen-bond acceptors (Lipinski definition) is 6. The van der Waals surface area contributed by atoms with Gasteiger partial charge >= 0.3 is 0 Å². The van der Waals surface area contributed by atoms with Crippen LogP contribution in [0.1, 0.15) is 13.3 Å². The summed E-state index contributed by atoms with van der Waals surface area (Å²) < 4.78 is 0. The molecule has 0 amide bonds. The van der Waals surface area contributed by atoms with Crippen LogP contribution in [-0.4, -0.2) is 59.3 Å². The highest BCUT2D eigenvalue weighted by atomic mass is 33.1. The van der Waals surface area contributed by atoms with Crippen LogP contribution in [-0.2, 0) is 0 Å². The Hall–Kier alpha value is 0.0900. The summed E-state index contributed by atoms with van der Waals surface area (Å²) in [6, 6.07) is 0.647. The van der Waals surface area contributed by atoms with Crippen LogP contribution in [0.4, 0.5) is 0 Å². The molecule has 0 aromatic carbocycles. The van der Waals surface area contributed by atoms with E-state index >= 15 is 0 Å².